The highest BCUT2D eigenvalue weighted by Crippen LogP contribution is 2.41. The number of rotatable bonds is 3. The van der Waals surface area contributed by atoms with Gasteiger partial charge in [0.05, 0.1) is 5.71 Å². The van der Waals surface area contributed by atoms with E-state index in [1.54, 1.807) is 0 Å². The Bertz CT molecular complexity index is 1190. The van der Waals surface area contributed by atoms with E-state index in [-0.39, 0.29) is 0 Å². The molecule has 0 aliphatic heterocycles. The summed E-state index contributed by atoms with van der Waals surface area (Å²) in [7, 11) is 0. The molecule has 140 valence electrons. The Morgan fingerprint density at radius 3 is 2.38 bits per heavy atom. The summed E-state index contributed by atoms with van der Waals surface area (Å²) in [6.45, 7) is 0. The Labute approximate surface area is 171 Å². The van der Waals surface area contributed by atoms with Gasteiger partial charge >= 0.3 is 0 Å². The average molecular weight is 374 g/mol. The minimum atomic E-state index is 0.550. The molecule has 2 heteroatoms. The molecule has 0 fully saturated rings. The molecule has 0 heterocycles. The molecule has 2 aliphatic rings. The molecule has 29 heavy (non-hydrogen) atoms. The summed E-state index contributed by atoms with van der Waals surface area (Å²) in [5, 5.41) is 8.03. The summed E-state index contributed by atoms with van der Waals surface area (Å²) in [6, 6.07) is 25.6. The number of nitrogens with two attached hydrogens (primary N) is 1. The zero-order valence-electron chi connectivity index (χ0n) is 16.2. The molecule has 3 aromatic rings. The summed E-state index contributed by atoms with van der Waals surface area (Å²) in [5.41, 5.74) is 17.3. The van der Waals surface area contributed by atoms with Crippen LogP contribution in [0.2, 0.25) is 0 Å². The van der Waals surface area contributed by atoms with Crippen LogP contribution in [0.5, 0.6) is 0 Å². The first-order valence-electron chi connectivity index (χ1n) is 9.91. The Kier molecular flexibility index (Phi) is 4.25. The summed E-state index contributed by atoms with van der Waals surface area (Å²) in [6.07, 6.45) is 7.70. The van der Waals surface area contributed by atoms with Gasteiger partial charge in [0, 0.05) is 5.69 Å². The topological polar surface area (TPSA) is 49.9 Å². The van der Waals surface area contributed by atoms with Crippen molar-refractivity contribution in [2.75, 3.05) is 5.73 Å². The van der Waals surface area contributed by atoms with Crippen LogP contribution < -0.4 is 5.73 Å². The van der Waals surface area contributed by atoms with E-state index in [0.29, 0.717) is 5.71 Å². The Morgan fingerprint density at radius 2 is 1.59 bits per heavy atom. The van der Waals surface area contributed by atoms with Crippen molar-refractivity contribution in [3.05, 3.63) is 130 Å². The maximum atomic E-state index is 8.03. The van der Waals surface area contributed by atoms with E-state index < -0.39 is 0 Å². The van der Waals surface area contributed by atoms with Gasteiger partial charge < -0.3 is 11.1 Å². The number of hydrogen-bond donors (Lipinski definition) is 2. The van der Waals surface area contributed by atoms with Crippen LogP contribution >= 0.6 is 0 Å². The third-order valence-corrected chi connectivity index (χ3v) is 5.65. The van der Waals surface area contributed by atoms with Crippen molar-refractivity contribution < 1.29 is 0 Å². The largest absolute Gasteiger partial charge is 0.399 e. The highest BCUT2D eigenvalue weighted by Gasteiger charge is 2.24. The molecule has 5 rings (SSSR count). The number of nitrogen functional groups attached to an aromatic ring is 1. The predicted molar refractivity (Wildman–Crippen MR) is 121 cm³/mol. The third-order valence-electron chi connectivity index (χ3n) is 5.65. The molecule has 3 aromatic carbocycles. The Hall–Kier alpha value is -3.65. The molecular formula is C27H22N2. The maximum absolute atomic E-state index is 8.03. The van der Waals surface area contributed by atoms with Crippen molar-refractivity contribution >= 4 is 17.0 Å². The molecule has 0 aromatic heterocycles. The number of anilines is 1. The van der Waals surface area contributed by atoms with Gasteiger partial charge in [-0.2, -0.15) is 0 Å². The van der Waals surface area contributed by atoms with Crippen LogP contribution in [0.4, 0.5) is 5.69 Å². The van der Waals surface area contributed by atoms with E-state index in [2.05, 4.69) is 72.8 Å². The zero-order chi connectivity index (χ0) is 19.8. The van der Waals surface area contributed by atoms with Gasteiger partial charge in [0.25, 0.3) is 0 Å². The second-order valence-corrected chi connectivity index (χ2v) is 7.70. The average Bonchev–Trinajstić information content (AvgIpc) is 2.73. The quantitative estimate of drug-likeness (QED) is 0.565. The van der Waals surface area contributed by atoms with E-state index >= 15 is 0 Å². The first kappa shape index (κ1) is 17.4. The second-order valence-electron chi connectivity index (χ2n) is 7.70. The smallest absolute Gasteiger partial charge is 0.0543 e. The molecule has 0 bridgehead atoms. The molecule has 0 atom stereocenters. The van der Waals surface area contributed by atoms with Crippen LogP contribution in [0, 0.1) is 5.41 Å². The Morgan fingerprint density at radius 1 is 0.828 bits per heavy atom. The normalized spacial score (nSPS) is 15.0. The van der Waals surface area contributed by atoms with Gasteiger partial charge in [0.15, 0.2) is 0 Å². The monoisotopic (exact) mass is 374 g/mol. The van der Waals surface area contributed by atoms with Crippen molar-refractivity contribution in [2.45, 2.75) is 12.8 Å². The zero-order valence-corrected chi connectivity index (χ0v) is 16.2. The summed E-state index contributed by atoms with van der Waals surface area (Å²) in [5.74, 6) is 0. The van der Waals surface area contributed by atoms with Crippen molar-refractivity contribution in [3.8, 4) is 0 Å². The van der Waals surface area contributed by atoms with Crippen LogP contribution in [0.25, 0.3) is 5.57 Å². The van der Waals surface area contributed by atoms with Gasteiger partial charge in [-0.15, -0.1) is 0 Å². The lowest BCUT2D eigenvalue weighted by Gasteiger charge is -2.27. The van der Waals surface area contributed by atoms with Gasteiger partial charge in [-0.05, 0) is 81.7 Å². The van der Waals surface area contributed by atoms with Crippen molar-refractivity contribution in [3.63, 3.8) is 0 Å². The number of fused-ring (bicyclic) bond motifs is 2. The van der Waals surface area contributed by atoms with E-state index in [4.69, 9.17) is 11.1 Å². The van der Waals surface area contributed by atoms with Gasteiger partial charge in [-0.25, -0.2) is 0 Å². The van der Waals surface area contributed by atoms with Gasteiger partial charge in [-0.1, -0.05) is 66.7 Å². The highest BCUT2D eigenvalue weighted by atomic mass is 14.5. The fourth-order valence-electron chi connectivity index (χ4n) is 4.27. The Balaban J connectivity index is 1.58. The van der Waals surface area contributed by atoms with Gasteiger partial charge in [0.2, 0.25) is 0 Å². The molecule has 2 aliphatic carbocycles. The number of benzene rings is 3. The molecule has 0 saturated carbocycles. The standard InChI is InChI=1S/C27H22N2/c28-23-10-12-25-21(16-23)15-22-17-24(29)11-13-26(22)27(25)20-8-6-19(7-9-20)14-18-4-2-1-3-5-18/h1-13,16-17,28H,14-15,29H2. The van der Waals surface area contributed by atoms with E-state index in [1.165, 1.54) is 44.5 Å². The lowest BCUT2D eigenvalue weighted by atomic mass is 9.77. The maximum Gasteiger partial charge on any atom is 0.0543 e. The SMILES string of the molecule is N=C1C=CC2=C(c3ccc(Cc4ccccc4)cc3)c3ccc(N)cc3CC2=C1. The number of allylic oxidation sites excluding steroid dienone is 5. The third kappa shape index (κ3) is 3.34. The first-order chi connectivity index (χ1) is 14.2. The van der Waals surface area contributed by atoms with Crippen LogP contribution in [-0.2, 0) is 12.8 Å². The molecule has 0 spiro atoms. The highest BCUT2D eigenvalue weighted by molar-refractivity contribution is 6.07. The second kappa shape index (κ2) is 7.06. The minimum Gasteiger partial charge on any atom is -0.399 e. The molecule has 3 N–H and O–H groups in total. The predicted octanol–water partition coefficient (Wildman–Crippen LogP) is 5.73. The first-order valence-corrected chi connectivity index (χ1v) is 9.91. The van der Waals surface area contributed by atoms with Gasteiger partial charge in [-0.3, -0.25) is 0 Å². The fraction of sp³-hybridized carbons (Fsp3) is 0.0741. The molecule has 0 saturated heterocycles. The molecule has 0 unspecified atom stereocenters. The molecule has 2 nitrogen and oxygen atoms in total. The van der Waals surface area contributed by atoms with Crippen LogP contribution in [-0.4, -0.2) is 5.71 Å². The molecular weight excluding hydrogens is 352 g/mol. The molecule has 0 amide bonds. The van der Waals surface area contributed by atoms with E-state index in [9.17, 15) is 0 Å². The van der Waals surface area contributed by atoms with Crippen LogP contribution in [0.3, 0.4) is 0 Å². The molecule has 0 radical (unpaired) electrons. The van der Waals surface area contributed by atoms with Crippen molar-refractivity contribution in [1.29, 1.82) is 5.41 Å². The summed E-state index contributed by atoms with van der Waals surface area (Å²) in [4.78, 5) is 0. The number of hydrogen-bond acceptors (Lipinski definition) is 2. The number of nitrogens with one attached hydrogen (secondary N) is 1. The minimum absolute atomic E-state index is 0.550. The van der Waals surface area contributed by atoms with Crippen LogP contribution in [0.1, 0.15) is 27.8 Å². The van der Waals surface area contributed by atoms with Crippen LogP contribution in [0.15, 0.2) is 102 Å². The van der Waals surface area contributed by atoms with Gasteiger partial charge in [0.1, 0.15) is 0 Å². The lowest BCUT2D eigenvalue weighted by molar-refractivity contribution is 1.13. The van der Waals surface area contributed by atoms with E-state index in [1.807, 2.05) is 18.2 Å². The van der Waals surface area contributed by atoms with E-state index in [0.717, 1.165) is 18.5 Å². The fourth-order valence-corrected chi connectivity index (χ4v) is 4.27. The van der Waals surface area contributed by atoms with Crippen molar-refractivity contribution in [2.24, 2.45) is 0 Å². The lowest BCUT2D eigenvalue weighted by Crippen LogP contribution is -2.12. The summed E-state index contributed by atoms with van der Waals surface area (Å²) < 4.78 is 0. The van der Waals surface area contributed by atoms with Crippen molar-refractivity contribution in [1.82, 2.24) is 0 Å². The summed E-state index contributed by atoms with van der Waals surface area (Å²) >= 11 is 0.